The maximum Gasteiger partial charge on any atom is 0.239 e. The number of aromatic amines is 1. The molecule has 0 aromatic carbocycles. The van der Waals surface area contributed by atoms with Crippen molar-refractivity contribution in [2.75, 3.05) is 11.9 Å². The molecule has 0 aliphatic rings. The third kappa shape index (κ3) is 3.34. The van der Waals surface area contributed by atoms with Crippen LogP contribution in [-0.2, 0) is 4.79 Å². The second kappa shape index (κ2) is 5.65. The van der Waals surface area contributed by atoms with Gasteiger partial charge in [-0.15, -0.1) is 0 Å². The molecule has 3 N–H and O–H groups in total. The van der Waals surface area contributed by atoms with E-state index in [1.807, 2.05) is 13.8 Å². The number of amides is 1. The summed E-state index contributed by atoms with van der Waals surface area (Å²) in [4.78, 5) is 11.6. The van der Waals surface area contributed by atoms with Crippen molar-refractivity contribution in [3.63, 3.8) is 0 Å². The maximum atomic E-state index is 11.6. The number of H-pyrrole nitrogens is 1. The normalized spacial score (nSPS) is 12.5. The molecule has 16 heavy (non-hydrogen) atoms. The van der Waals surface area contributed by atoms with Gasteiger partial charge in [-0.3, -0.25) is 9.89 Å². The van der Waals surface area contributed by atoms with E-state index in [1.165, 1.54) is 0 Å². The molecule has 1 amide bonds. The van der Waals surface area contributed by atoms with E-state index in [0.29, 0.717) is 18.4 Å². The predicted octanol–water partition coefficient (Wildman–Crippen LogP) is 1.35. The fourth-order valence-corrected chi connectivity index (χ4v) is 1.19. The number of nitrogens with one attached hydrogen (secondary N) is 3. The third-order valence-electron chi connectivity index (χ3n) is 2.73. The summed E-state index contributed by atoms with van der Waals surface area (Å²) in [6, 6.07) is 0.354. The summed E-state index contributed by atoms with van der Waals surface area (Å²) in [7, 11) is 0. The lowest BCUT2D eigenvalue weighted by molar-refractivity contribution is -0.115. The summed E-state index contributed by atoms with van der Waals surface area (Å²) in [6.45, 7) is 8.31. The minimum absolute atomic E-state index is 0.0603. The van der Waals surface area contributed by atoms with Gasteiger partial charge in [-0.05, 0) is 27.2 Å². The van der Waals surface area contributed by atoms with E-state index in [2.05, 4.69) is 34.7 Å². The Labute approximate surface area is 96.0 Å². The van der Waals surface area contributed by atoms with E-state index >= 15 is 0 Å². The topological polar surface area (TPSA) is 69.8 Å². The van der Waals surface area contributed by atoms with Gasteiger partial charge in [0.25, 0.3) is 0 Å². The van der Waals surface area contributed by atoms with Gasteiger partial charge in [0, 0.05) is 17.3 Å². The van der Waals surface area contributed by atoms with Crippen molar-refractivity contribution in [1.82, 2.24) is 15.5 Å². The molecule has 1 rings (SSSR count). The summed E-state index contributed by atoms with van der Waals surface area (Å²) in [5.41, 5.74) is 1.96. The van der Waals surface area contributed by atoms with Crippen LogP contribution in [0.1, 0.15) is 31.5 Å². The summed E-state index contributed by atoms with van der Waals surface area (Å²) in [5, 5.41) is 12.7. The number of aromatic nitrogens is 2. The molecule has 0 fully saturated rings. The van der Waals surface area contributed by atoms with Gasteiger partial charge in [0.2, 0.25) is 5.91 Å². The highest BCUT2D eigenvalue weighted by molar-refractivity contribution is 5.92. The van der Waals surface area contributed by atoms with Crippen LogP contribution in [0, 0.1) is 13.8 Å². The van der Waals surface area contributed by atoms with Gasteiger partial charge in [0.05, 0.1) is 6.54 Å². The van der Waals surface area contributed by atoms with Crippen LogP contribution < -0.4 is 10.6 Å². The van der Waals surface area contributed by atoms with E-state index in [0.717, 1.165) is 17.7 Å². The molecule has 1 aromatic heterocycles. The smallest absolute Gasteiger partial charge is 0.239 e. The Balaban J connectivity index is 2.43. The molecule has 5 nitrogen and oxygen atoms in total. The number of aryl methyl sites for hydroxylation is 1. The van der Waals surface area contributed by atoms with Gasteiger partial charge < -0.3 is 10.6 Å². The molecule has 1 aromatic rings. The second-order valence-corrected chi connectivity index (χ2v) is 4.06. The van der Waals surface area contributed by atoms with Gasteiger partial charge in [-0.2, -0.15) is 5.10 Å². The summed E-state index contributed by atoms with van der Waals surface area (Å²) in [5.74, 6) is 0.559. The summed E-state index contributed by atoms with van der Waals surface area (Å²) in [6.07, 6.45) is 1.01. The first-order valence-electron chi connectivity index (χ1n) is 5.59. The first-order valence-corrected chi connectivity index (χ1v) is 5.59. The molecule has 0 spiro atoms. The van der Waals surface area contributed by atoms with Crippen molar-refractivity contribution in [2.45, 2.75) is 40.2 Å². The van der Waals surface area contributed by atoms with Crippen molar-refractivity contribution < 1.29 is 4.79 Å². The lowest BCUT2D eigenvalue weighted by atomic mass is 10.2. The van der Waals surface area contributed by atoms with Crippen molar-refractivity contribution in [1.29, 1.82) is 0 Å². The predicted molar refractivity (Wildman–Crippen MR) is 64.4 cm³/mol. The van der Waals surface area contributed by atoms with Gasteiger partial charge in [0.15, 0.2) is 5.82 Å². The molecule has 0 saturated heterocycles. The molecule has 1 unspecified atom stereocenters. The zero-order valence-corrected chi connectivity index (χ0v) is 10.3. The highest BCUT2D eigenvalue weighted by Crippen LogP contribution is 2.13. The number of nitrogens with zero attached hydrogens (tertiary/aromatic N) is 1. The molecule has 5 heteroatoms. The molecule has 1 atom stereocenters. The van der Waals surface area contributed by atoms with Crippen molar-refractivity contribution in [3.05, 3.63) is 11.3 Å². The Morgan fingerprint density at radius 3 is 2.69 bits per heavy atom. The second-order valence-electron chi connectivity index (χ2n) is 4.06. The average Bonchev–Trinajstić information content (AvgIpc) is 2.57. The fourth-order valence-electron chi connectivity index (χ4n) is 1.19. The highest BCUT2D eigenvalue weighted by Gasteiger charge is 2.09. The SMILES string of the molecule is CCC(C)NCC(=O)Nc1n[nH]c(C)c1C. The van der Waals surface area contributed by atoms with Gasteiger partial charge in [0.1, 0.15) is 0 Å². The van der Waals surface area contributed by atoms with Crippen molar-refractivity contribution >= 4 is 11.7 Å². The lowest BCUT2D eigenvalue weighted by Gasteiger charge is -2.10. The molecule has 0 saturated carbocycles. The van der Waals surface area contributed by atoms with Crippen molar-refractivity contribution in [2.24, 2.45) is 0 Å². The Kier molecular flexibility index (Phi) is 4.49. The van der Waals surface area contributed by atoms with Crippen LogP contribution in [0.5, 0.6) is 0 Å². The third-order valence-corrected chi connectivity index (χ3v) is 2.73. The van der Waals surface area contributed by atoms with E-state index in [1.54, 1.807) is 0 Å². The fraction of sp³-hybridized carbons (Fsp3) is 0.636. The Morgan fingerprint density at radius 2 is 2.19 bits per heavy atom. The van der Waals surface area contributed by atoms with E-state index in [4.69, 9.17) is 0 Å². The van der Waals surface area contributed by atoms with E-state index < -0.39 is 0 Å². The van der Waals surface area contributed by atoms with Crippen LogP contribution in [0.3, 0.4) is 0 Å². The largest absolute Gasteiger partial charge is 0.308 e. The van der Waals surface area contributed by atoms with E-state index in [9.17, 15) is 4.79 Å². The molecule has 90 valence electrons. The highest BCUT2D eigenvalue weighted by atomic mass is 16.2. The first kappa shape index (κ1) is 12.7. The summed E-state index contributed by atoms with van der Waals surface area (Å²) < 4.78 is 0. The van der Waals surface area contributed by atoms with Crippen molar-refractivity contribution in [3.8, 4) is 0 Å². The molecule has 0 aliphatic carbocycles. The number of hydrogen-bond acceptors (Lipinski definition) is 3. The van der Waals surface area contributed by atoms with Gasteiger partial charge in [-0.25, -0.2) is 0 Å². The molecule has 0 aliphatic heterocycles. The Hall–Kier alpha value is -1.36. The number of rotatable bonds is 5. The molecule has 0 radical (unpaired) electrons. The monoisotopic (exact) mass is 224 g/mol. The Bertz CT molecular complexity index is 359. The average molecular weight is 224 g/mol. The van der Waals surface area contributed by atoms with Crippen LogP contribution in [0.2, 0.25) is 0 Å². The zero-order valence-electron chi connectivity index (χ0n) is 10.3. The maximum absolute atomic E-state index is 11.6. The molecule has 0 bridgehead atoms. The lowest BCUT2D eigenvalue weighted by Crippen LogP contribution is -2.34. The van der Waals surface area contributed by atoms with Crippen LogP contribution in [0.25, 0.3) is 0 Å². The molecule has 1 heterocycles. The standard InChI is InChI=1S/C11H20N4O/c1-5-7(2)12-6-10(16)13-11-8(3)9(4)14-15-11/h7,12H,5-6H2,1-4H3,(H2,13,14,15,16). The number of carbonyl (C=O) groups excluding carboxylic acids is 1. The molecular weight excluding hydrogens is 204 g/mol. The minimum Gasteiger partial charge on any atom is -0.308 e. The summed E-state index contributed by atoms with van der Waals surface area (Å²) >= 11 is 0. The number of carbonyl (C=O) groups is 1. The quantitative estimate of drug-likeness (QED) is 0.707. The molecular formula is C11H20N4O. The van der Waals surface area contributed by atoms with Crippen LogP contribution in [0.15, 0.2) is 0 Å². The van der Waals surface area contributed by atoms with Crippen LogP contribution in [0.4, 0.5) is 5.82 Å². The minimum atomic E-state index is -0.0603. The Morgan fingerprint density at radius 1 is 1.50 bits per heavy atom. The zero-order chi connectivity index (χ0) is 12.1. The van der Waals surface area contributed by atoms with Crippen LogP contribution in [-0.4, -0.2) is 28.7 Å². The number of hydrogen-bond donors (Lipinski definition) is 3. The van der Waals surface area contributed by atoms with E-state index in [-0.39, 0.29) is 5.91 Å². The van der Waals surface area contributed by atoms with Crippen LogP contribution >= 0.6 is 0 Å². The first-order chi connectivity index (χ1) is 7.54. The van der Waals surface area contributed by atoms with Gasteiger partial charge >= 0.3 is 0 Å². The van der Waals surface area contributed by atoms with Gasteiger partial charge in [-0.1, -0.05) is 6.92 Å². The number of anilines is 1.